The van der Waals surface area contributed by atoms with Crippen LogP contribution in [0.5, 0.6) is 0 Å². The molecule has 2 aromatic rings. The molecule has 92 valence electrons. The highest BCUT2D eigenvalue weighted by Crippen LogP contribution is 2.35. The predicted molar refractivity (Wildman–Crippen MR) is 70.6 cm³/mol. The molecule has 2 aromatic heterocycles. The first-order valence-electron chi connectivity index (χ1n) is 5.57. The minimum absolute atomic E-state index is 0.658. The maximum atomic E-state index is 10.2. The van der Waals surface area contributed by atoms with Crippen molar-refractivity contribution in [3.05, 3.63) is 38.8 Å². The molecule has 3 nitrogen and oxygen atoms in total. The van der Waals surface area contributed by atoms with Gasteiger partial charge in [-0.1, -0.05) is 18.5 Å². The SMILES string of the molecule is CCCn1cc(C(O)c2scc(C)c2Cl)cn1. The summed E-state index contributed by atoms with van der Waals surface area (Å²) in [6.45, 7) is 4.90. The third-order valence-electron chi connectivity index (χ3n) is 2.60. The zero-order valence-corrected chi connectivity index (χ0v) is 11.4. The molecule has 1 N–H and O–H groups in total. The Labute approximate surface area is 110 Å². The van der Waals surface area contributed by atoms with Gasteiger partial charge in [-0.15, -0.1) is 11.3 Å². The quantitative estimate of drug-likeness (QED) is 0.925. The highest BCUT2D eigenvalue weighted by Gasteiger charge is 2.18. The van der Waals surface area contributed by atoms with Crippen LogP contribution >= 0.6 is 22.9 Å². The van der Waals surface area contributed by atoms with Crippen LogP contribution in [0.4, 0.5) is 0 Å². The molecule has 0 saturated heterocycles. The lowest BCUT2D eigenvalue weighted by atomic mass is 10.1. The number of aryl methyl sites for hydroxylation is 2. The largest absolute Gasteiger partial charge is 0.383 e. The second-order valence-corrected chi connectivity index (χ2v) is 5.33. The monoisotopic (exact) mass is 270 g/mol. The molecule has 0 saturated carbocycles. The second kappa shape index (κ2) is 5.21. The van der Waals surface area contributed by atoms with Gasteiger partial charge in [-0.25, -0.2) is 0 Å². The van der Waals surface area contributed by atoms with Crippen LogP contribution in [0.1, 0.15) is 35.5 Å². The van der Waals surface area contributed by atoms with Crippen LogP contribution in [0.2, 0.25) is 5.02 Å². The molecule has 0 fully saturated rings. The molecule has 0 radical (unpaired) electrons. The summed E-state index contributed by atoms with van der Waals surface area (Å²) in [6, 6.07) is 0. The smallest absolute Gasteiger partial charge is 0.118 e. The summed E-state index contributed by atoms with van der Waals surface area (Å²) in [5.41, 5.74) is 1.80. The van der Waals surface area contributed by atoms with Crippen LogP contribution in [-0.2, 0) is 6.54 Å². The van der Waals surface area contributed by atoms with E-state index in [0.717, 1.165) is 29.0 Å². The van der Waals surface area contributed by atoms with Gasteiger partial charge < -0.3 is 5.11 Å². The number of rotatable bonds is 4. The predicted octanol–water partition coefficient (Wildman–Crippen LogP) is 3.40. The van der Waals surface area contributed by atoms with E-state index in [1.165, 1.54) is 11.3 Å². The van der Waals surface area contributed by atoms with Crippen molar-refractivity contribution >= 4 is 22.9 Å². The number of hydrogen-bond acceptors (Lipinski definition) is 3. The molecular weight excluding hydrogens is 256 g/mol. The van der Waals surface area contributed by atoms with Crippen molar-refractivity contribution in [1.82, 2.24) is 9.78 Å². The third kappa shape index (κ3) is 2.54. The summed E-state index contributed by atoms with van der Waals surface area (Å²) < 4.78 is 1.84. The van der Waals surface area contributed by atoms with Gasteiger partial charge in [0.2, 0.25) is 0 Å². The Morgan fingerprint density at radius 3 is 2.94 bits per heavy atom. The molecule has 17 heavy (non-hydrogen) atoms. The molecule has 0 aliphatic heterocycles. The van der Waals surface area contributed by atoms with Crippen molar-refractivity contribution in [3.63, 3.8) is 0 Å². The number of thiophene rings is 1. The lowest BCUT2D eigenvalue weighted by Gasteiger charge is -2.06. The summed E-state index contributed by atoms with van der Waals surface area (Å²) in [4.78, 5) is 0.792. The summed E-state index contributed by atoms with van der Waals surface area (Å²) in [5.74, 6) is 0. The van der Waals surface area contributed by atoms with Crippen molar-refractivity contribution in [2.75, 3.05) is 0 Å². The number of nitrogens with zero attached hydrogens (tertiary/aromatic N) is 2. The first-order valence-corrected chi connectivity index (χ1v) is 6.83. The highest BCUT2D eigenvalue weighted by molar-refractivity contribution is 7.10. The number of aliphatic hydroxyl groups excluding tert-OH is 1. The molecule has 0 bridgehead atoms. The molecule has 2 rings (SSSR count). The van der Waals surface area contributed by atoms with Gasteiger partial charge in [-0.05, 0) is 24.3 Å². The fourth-order valence-corrected chi connectivity index (χ4v) is 2.96. The lowest BCUT2D eigenvalue weighted by molar-refractivity contribution is 0.224. The number of aliphatic hydroxyl groups is 1. The van der Waals surface area contributed by atoms with E-state index >= 15 is 0 Å². The van der Waals surface area contributed by atoms with Gasteiger partial charge in [0.25, 0.3) is 0 Å². The molecular formula is C12H15ClN2OS. The van der Waals surface area contributed by atoms with E-state index in [4.69, 9.17) is 11.6 Å². The standard InChI is InChI=1S/C12H15ClN2OS/c1-3-4-15-6-9(5-14-15)11(16)12-10(13)8(2)7-17-12/h5-7,11,16H,3-4H2,1-2H3. The number of halogens is 1. The molecule has 5 heteroatoms. The Morgan fingerprint density at radius 2 is 2.35 bits per heavy atom. The first kappa shape index (κ1) is 12.6. The first-order chi connectivity index (χ1) is 8.13. The fraction of sp³-hybridized carbons (Fsp3) is 0.417. The van der Waals surface area contributed by atoms with Gasteiger partial charge in [0.1, 0.15) is 6.10 Å². The molecule has 0 spiro atoms. The molecule has 1 atom stereocenters. The van der Waals surface area contributed by atoms with Gasteiger partial charge in [0, 0.05) is 18.3 Å². The van der Waals surface area contributed by atoms with E-state index in [2.05, 4.69) is 12.0 Å². The summed E-state index contributed by atoms with van der Waals surface area (Å²) in [7, 11) is 0. The van der Waals surface area contributed by atoms with Crippen LogP contribution in [0.25, 0.3) is 0 Å². The summed E-state index contributed by atoms with van der Waals surface area (Å²) >= 11 is 7.63. The van der Waals surface area contributed by atoms with E-state index in [9.17, 15) is 5.11 Å². The van der Waals surface area contributed by atoms with Gasteiger partial charge in [0.15, 0.2) is 0 Å². The number of hydrogen-bond donors (Lipinski definition) is 1. The average molecular weight is 271 g/mol. The van der Waals surface area contributed by atoms with E-state index in [1.54, 1.807) is 6.20 Å². The minimum atomic E-state index is -0.674. The molecule has 0 aromatic carbocycles. The zero-order valence-electron chi connectivity index (χ0n) is 9.85. The molecule has 0 amide bonds. The van der Waals surface area contributed by atoms with Crippen molar-refractivity contribution in [3.8, 4) is 0 Å². The zero-order chi connectivity index (χ0) is 12.4. The summed E-state index contributed by atoms with van der Waals surface area (Å²) in [5, 5.41) is 17.1. The van der Waals surface area contributed by atoms with E-state index in [1.807, 2.05) is 23.2 Å². The van der Waals surface area contributed by atoms with Gasteiger partial charge in [-0.3, -0.25) is 4.68 Å². The van der Waals surface area contributed by atoms with Crippen molar-refractivity contribution in [1.29, 1.82) is 0 Å². The minimum Gasteiger partial charge on any atom is -0.383 e. The van der Waals surface area contributed by atoms with Crippen LogP contribution in [0.3, 0.4) is 0 Å². The molecule has 2 heterocycles. The molecule has 1 unspecified atom stereocenters. The van der Waals surface area contributed by atoms with Crippen molar-refractivity contribution < 1.29 is 5.11 Å². The summed E-state index contributed by atoms with van der Waals surface area (Å²) in [6.07, 6.45) is 3.92. The van der Waals surface area contributed by atoms with Crippen molar-refractivity contribution in [2.45, 2.75) is 32.9 Å². The normalized spacial score (nSPS) is 12.9. The fourth-order valence-electron chi connectivity index (χ4n) is 1.66. The maximum Gasteiger partial charge on any atom is 0.118 e. The van der Waals surface area contributed by atoms with Crippen LogP contribution in [-0.4, -0.2) is 14.9 Å². The average Bonchev–Trinajstić information content (AvgIpc) is 2.88. The van der Waals surface area contributed by atoms with Gasteiger partial charge in [0.05, 0.1) is 16.1 Å². The van der Waals surface area contributed by atoms with E-state index in [-0.39, 0.29) is 0 Å². The highest BCUT2D eigenvalue weighted by atomic mass is 35.5. The van der Waals surface area contributed by atoms with Gasteiger partial charge in [-0.2, -0.15) is 5.10 Å². The topological polar surface area (TPSA) is 38.0 Å². The maximum absolute atomic E-state index is 10.2. The van der Waals surface area contributed by atoms with Crippen LogP contribution < -0.4 is 0 Å². The Balaban J connectivity index is 2.24. The van der Waals surface area contributed by atoms with Gasteiger partial charge >= 0.3 is 0 Å². The van der Waals surface area contributed by atoms with Crippen molar-refractivity contribution in [2.24, 2.45) is 0 Å². The Bertz CT molecular complexity index is 506. The Morgan fingerprint density at radius 1 is 1.59 bits per heavy atom. The second-order valence-electron chi connectivity index (χ2n) is 4.04. The third-order valence-corrected chi connectivity index (χ3v) is 4.36. The lowest BCUT2D eigenvalue weighted by Crippen LogP contribution is -1.98. The van der Waals surface area contributed by atoms with E-state index in [0.29, 0.717) is 5.02 Å². The van der Waals surface area contributed by atoms with Crippen LogP contribution in [0, 0.1) is 6.92 Å². The Hall–Kier alpha value is -0.840. The number of aromatic nitrogens is 2. The van der Waals surface area contributed by atoms with Crippen LogP contribution in [0.15, 0.2) is 17.8 Å². The Kier molecular flexibility index (Phi) is 3.86. The molecule has 0 aliphatic carbocycles. The molecule has 0 aliphatic rings. The van der Waals surface area contributed by atoms with E-state index < -0.39 is 6.10 Å².